The van der Waals surface area contributed by atoms with Gasteiger partial charge in [0.05, 0.1) is 17.6 Å². The van der Waals surface area contributed by atoms with Crippen molar-refractivity contribution in [3.05, 3.63) is 35.9 Å². The number of nitrogens with zero attached hydrogens (tertiary/aromatic N) is 5. The fourth-order valence-electron chi connectivity index (χ4n) is 4.71. The fraction of sp³-hybridized carbons (Fsp3) is 0.458. The van der Waals surface area contributed by atoms with Crippen LogP contribution in [-0.2, 0) is 0 Å². The maximum absolute atomic E-state index is 15.2. The van der Waals surface area contributed by atoms with Crippen LogP contribution in [0.5, 0.6) is 11.8 Å². The quantitative estimate of drug-likeness (QED) is 0.589. The van der Waals surface area contributed by atoms with Crippen molar-refractivity contribution in [1.82, 2.24) is 25.2 Å². The number of aromatic nitrogens is 3. The van der Waals surface area contributed by atoms with E-state index < -0.39 is 17.4 Å². The van der Waals surface area contributed by atoms with Crippen molar-refractivity contribution in [3.8, 4) is 23.0 Å². The van der Waals surface area contributed by atoms with E-state index in [4.69, 9.17) is 4.74 Å². The van der Waals surface area contributed by atoms with Crippen molar-refractivity contribution in [1.29, 1.82) is 0 Å². The number of nitrogens with one attached hydrogen (secondary N) is 1. The first-order valence-corrected chi connectivity index (χ1v) is 11.6. The highest BCUT2D eigenvalue weighted by molar-refractivity contribution is 5.90. The van der Waals surface area contributed by atoms with Gasteiger partial charge in [0.1, 0.15) is 23.1 Å². The first kappa shape index (κ1) is 22.7. The molecule has 0 bridgehead atoms. The van der Waals surface area contributed by atoms with Gasteiger partial charge in [0, 0.05) is 38.1 Å². The van der Waals surface area contributed by atoms with Crippen LogP contribution in [0.1, 0.15) is 13.3 Å². The number of phenolic OH excluding ortho intramolecular Hbond substituents is 1. The summed E-state index contributed by atoms with van der Waals surface area (Å²) < 4.78 is 35.7. The molecule has 0 spiro atoms. The van der Waals surface area contributed by atoms with Crippen molar-refractivity contribution in [2.24, 2.45) is 5.92 Å². The molecular weight excluding hydrogens is 442 g/mol. The number of halogens is 2. The average molecular weight is 471 g/mol. The van der Waals surface area contributed by atoms with E-state index in [-0.39, 0.29) is 29.0 Å². The van der Waals surface area contributed by atoms with Gasteiger partial charge < -0.3 is 25.0 Å². The van der Waals surface area contributed by atoms with Gasteiger partial charge in [-0.1, -0.05) is 6.07 Å². The summed E-state index contributed by atoms with van der Waals surface area (Å²) in [5.41, 5.74) is -0.410. The van der Waals surface area contributed by atoms with Gasteiger partial charge in [-0.2, -0.15) is 9.97 Å². The van der Waals surface area contributed by atoms with Crippen molar-refractivity contribution >= 4 is 16.9 Å². The lowest BCUT2D eigenvalue weighted by molar-refractivity contribution is 0.233. The lowest BCUT2D eigenvalue weighted by atomic mass is 10.1. The largest absolute Gasteiger partial charge is 0.507 e. The summed E-state index contributed by atoms with van der Waals surface area (Å²) >= 11 is 0. The van der Waals surface area contributed by atoms with E-state index in [9.17, 15) is 9.50 Å². The van der Waals surface area contributed by atoms with Crippen molar-refractivity contribution < 1.29 is 18.6 Å². The number of aromatic hydroxyl groups is 1. The van der Waals surface area contributed by atoms with Crippen LogP contribution >= 0.6 is 0 Å². The molecule has 2 aromatic heterocycles. The van der Waals surface area contributed by atoms with Gasteiger partial charge >= 0.3 is 6.01 Å². The Morgan fingerprint density at radius 3 is 2.76 bits per heavy atom. The summed E-state index contributed by atoms with van der Waals surface area (Å²) in [7, 11) is 2.08. The van der Waals surface area contributed by atoms with Crippen LogP contribution < -0.4 is 15.0 Å². The average Bonchev–Trinajstić information content (AvgIpc) is 3.23. The Morgan fingerprint density at radius 1 is 1.18 bits per heavy atom. The van der Waals surface area contributed by atoms with Gasteiger partial charge in [-0.25, -0.2) is 13.8 Å². The van der Waals surface area contributed by atoms with Crippen LogP contribution in [0.3, 0.4) is 0 Å². The van der Waals surface area contributed by atoms with E-state index in [2.05, 4.69) is 44.0 Å². The second-order valence-electron chi connectivity index (χ2n) is 9.13. The monoisotopic (exact) mass is 470 g/mol. The van der Waals surface area contributed by atoms with Crippen LogP contribution in [0.25, 0.3) is 22.3 Å². The highest BCUT2D eigenvalue weighted by atomic mass is 19.1. The van der Waals surface area contributed by atoms with E-state index in [0.717, 1.165) is 38.7 Å². The molecule has 2 atom stereocenters. The summed E-state index contributed by atoms with van der Waals surface area (Å²) in [5, 5.41) is 13.9. The molecule has 3 aromatic rings. The van der Waals surface area contributed by atoms with E-state index in [0.29, 0.717) is 30.3 Å². The molecule has 2 fully saturated rings. The van der Waals surface area contributed by atoms with Crippen LogP contribution in [0, 0.1) is 17.6 Å². The minimum absolute atomic E-state index is 0.113. The zero-order valence-corrected chi connectivity index (χ0v) is 19.3. The number of anilines is 1. The molecule has 4 heterocycles. The number of hydrogen-bond acceptors (Lipinski definition) is 8. The number of likely N-dealkylation sites (tertiary alicyclic amines) is 1. The van der Waals surface area contributed by atoms with E-state index in [1.54, 1.807) is 0 Å². The number of rotatable bonds is 5. The molecule has 2 saturated heterocycles. The highest BCUT2D eigenvalue weighted by Crippen LogP contribution is 2.36. The molecular formula is C24H28F2N6O2. The number of piperazine rings is 1. The summed E-state index contributed by atoms with van der Waals surface area (Å²) in [6.07, 6.45) is 1.03. The number of phenols is 1. The van der Waals surface area contributed by atoms with E-state index in [1.165, 1.54) is 18.2 Å². The molecule has 2 N–H and O–H groups in total. The lowest BCUT2D eigenvalue weighted by Gasteiger charge is -2.35. The molecule has 2 aliphatic rings. The minimum atomic E-state index is -0.766. The van der Waals surface area contributed by atoms with Crippen molar-refractivity contribution in [3.63, 3.8) is 0 Å². The predicted molar refractivity (Wildman–Crippen MR) is 125 cm³/mol. The van der Waals surface area contributed by atoms with Gasteiger partial charge in [-0.05, 0) is 45.1 Å². The van der Waals surface area contributed by atoms with Crippen LogP contribution in [0.4, 0.5) is 14.6 Å². The summed E-state index contributed by atoms with van der Waals surface area (Å²) in [6.45, 7) is 6.68. The second-order valence-corrected chi connectivity index (χ2v) is 9.13. The second kappa shape index (κ2) is 9.27. The molecule has 2 unspecified atom stereocenters. The van der Waals surface area contributed by atoms with E-state index in [1.807, 2.05) is 0 Å². The molecule has 8 nitrogen and oxygen atoms in total. The van der Waals surface area contributed by atoms with Gasteiger partial charge in [-0.3, -0.25) is 0 Å². The Labute approximate surface area is 196 Å². The van der Waals surface area contributed by atoms with Gasteiger partial charge in [0.25, 0.3) is 0 Å². The first-order valence-electron chi connectivity index (χ1n) is 11.6. The third-order valence-corrected chi connectivity index (χ3v) is 6.54. The zero-order chi connectivity index (χ0) is 23.8. The van der Waals surface area contributed by atoms with Gasteiger partial charge in [0.15, 0.2) is 11.5 Å². The molecule has 0 amide bonds. The maximum atomic E-state index is 15.2. The van der Waals surface area contributed by atoms with Gasteiger partial charge in [0.2, 0.25) is 0 Å². The third-order valence-electron chi connectivity index (χ3n) is 6.54. The summed E-state index contributed by atoms with van der Waals surface area (Å²) in [4.78, 5) is 17.8. The minimum Gasteiger partial charge on any atom is -0.507 e. The molecule has 0 saturated carbocycles. The first-order chi connectivity index (χ1) is 16.4. The number of ether oxygens (including phenoxy) is 1. The van der Waals surface area contributed by atoms with Crippen LogP contribution in [0.15, 0.2) is 24.3 Å². The molecule has 1 aromatic carbocycles. The Morgan fingerprint density at radius 2 is 2.03 bits per heavy atom. The lowest BCUT2D eigenvalue weighted by Crippen LogP contribution is -2.50. The normalized spacial score (nSPS) is 21.4. The molecule has 0 radical (unpaired) electrons. The summed E-state index contributed by atoms with van der Waals surface area (Å²) in [5.74, 6) is -1.01. The number of pyridine rings is 1. The topological polar surface area (TPSA) is 86.6 Å². The van der Waals surface area contributed by atoms with Crippen molar-refractivity contribution in [2.75, 3.05) is 51.3 Å². The van der Waals surface area contributed by atoms with Crippen LogP contribution in [0.2, 0.25) is 0 Å². The molecule has 5 rings (SSSR count). The SMILES string of the molecule is CC1CNCCN1c1nc(OCC2CCN(C)C2)nc2nc(-c3c(O)cccc3F)c(F)cc12. The third kappa shape index (κ3) is 4.35. The predicted octanol–water partition coefficient (Wildman–Crippen LogP) is 2.80. The number of hydrogen-bond donors (Lipinski definition) is 2. The van der Waals surface area contributed by atoms with Gasteiger partial charge in [-0.15, -0.1) is 0 Å². The molecule has 10 heteroatoms. The highest BCUT2D eigenvalue weighted by Gasteiger charge is 2.26. The molecule has 2 aliphatic heterocycles. The number of benzene rings is 1. The Bertz CT molecular complexity index is 1190. The zero-order valence-electron chi connectivity index (χ0n) is 19.3. The molecule has 0 aliphatic carbocycles. The molecule has 34 heavy (non-hydrogen) atoms. The Kier molecular flexibility index (Phi) is 6.18. The van der Waals surface area contributed by atoms with E-state index >= 15 is 4.39 Å². The summed E-state index contributed by atoms with van der Waals surface area (Å²) in [6, 6.07) is 5.34. The number of fused-ring (bicyclic) bond motifs is 1. The Balaban J connectivity index is 1.60. The van der Waals surface area contributed by atoms with Crippen molar-refractivity contribution in [2.45, 2.75) is 19.4 Å². The van der Waals surface area contributed by atoms with Crippen LogP contribution in [-0.4, -0.2) is 77.4 Å². The smallest absolute Gasteiger partial charge is 0.320 e. The standard InChI is InChI=1S/C24H28F2N6O2/c1-14-11-27-7-9-32(14)23-16-10-18(26)21(20-17(25)4-3-5-19(20)33)28-22(16)29-24(30-23)34-13-15-6-8-31(2)12-15/h3-5,10,14-15,27,33H,6-9,11-13H2,1-2H3. The maximum Gasteiger partial charge on any atom is 0.320 e. The Hall–Kier alpha value is -3.11. The fourth-order valence-corrected chi connectivity index (χ4v) is 4.71. The molecule has 180 valence electrons.